The Morgan fingerprint density at radius 3 is 2.41 bits per heavy atom. The lowest BCUT2D eigenvalue weighted by Gasteiger charge is -2.20. The van der Waals surface area contributed by atoms with Crippen molar-refractivity contribution in [3.63, 3.8) is 0 Å². The third kappa shape index (κ3) is 4.59. The number of aryl methyl sites for hydroxylation is 1. The van der Waals surface area contributed by atoms with Gasteiger partial charge in [0.25, 0.3) is 5.91 Å². The van der Waals surface area contributed by atoms with Crippen LogP contribution in [0.15, 0.2) is 83.8 Å². The van der Waals surface area contributed by atoms with E-state index in [1.807, 2.05) is 29.7 Å². The normalized spacial score (nSPS) is 10.7. The minimum Gasteiger partial charge on any atom is -0.338 e. The second-order valence-electron chi connectivity index (χ2n) is 7.24. The van der Waals surface area contributed by atoms with E-state index in [0.717, 1.165) is 5.56 Å². The van der Waals surface area contributed by atoms with Gasteiger partial charge in [-0.3, -0.25) is 14.6 Å². The van der Waals surface area contributed by atoms with Crippen LogP contribution in [0.3, 0.4) is 0 Å². The molecule has 0 bridgehead atoms. The summed E-state index contributed by atoms with van der Waals surface area (Å²) in [4.78, 5) is 30.8. The molecule has 2 heterocycles. The number of carbonyl (C=O) groups excluding carboxylic acids is 1. The molecule has 0 fully saturated rings. The zero-order chi connectivity index (χ0) is 22.7. The molecule has 0 spiro atoms. The molecular formula is C25H19Cl2N3O2. The molecule has 0 unspecified atom stereocenters. The number of pyridine rings is 2. The molecule has 1 amide bonds. The van der Waals surface area contributed by atoms with Crippen molar-refractivity contribution in [3.05, 3.63) is 116 Å². The SMILES string of the molecule is Cc1cc(=O)c(C(=O)Nc2ccccc2Cl)c(-c2ccccn2)n1Cc1ccc(Cl)cc1. The van der Waals surface area contributed by atoms with Crippen LogP contribution in [-0.2, 0) is 6.54 Å². The van der Waals surface area contributed by atoms with E-state index in [1.165, 1.54) is 6.07 Å². The van der Waals surface area contributed by atoms with Crippen LogP contribution in [0.5, 0.6) is 0 Å². The van der Waals surface area contributed by atoms with E-state index in [-0.39, 0.29) is 11.0 Å². The highest BCUT2D eigenvalue weighted by molar-refractivity contribution is 6.34. The van der Waals surface area contributed by atoms with Crippen LogP contribution in [0, 0.1) is 6.92 Å². The van der Waals surface area contributed by atoms with Crippen molar-refractivity contribution in [3.8, 4) is 11.4 Å². The number of carbonyl (C=O) groups is 1. The number of rotatable bonds is 5. The summed E-state index contributed by atoms with van der Waals surface area (Å²) in [7, 11) is 0. The van der Waals surface area contributed by atoms with E-state index in [0.29, 0.717) is 39.4 Å². The Morgan fingerprint density at radius 2 is 1.72 bits per heavy atom. The fourth-order valence-corrected chi connectivity index (χ4v) is 3.79. The number of aromatic nitrogens is 2. The molecular weight excluding hydrogens is 445 g/mol. The fraction of sp³-hybridized carbons (Fsp3) is 0.0800. The Hall–Kier alpha value is -3.41. The van der Waals surface area contributed by atoms with Crippen LogP contribution in [0.1, 0.15) is 21.6 Å². The van der Waals surface area contributed by atoms with Gasteiger partial charge in [-0.2, -0.15) is 0 Å². The third-order valence-electron chi connectivity index (χ3n) is 5.03. The van der Waals surface area contributed by atoms with Gasteiger partial charge in [0.15, 0.2) is 5.43 Å². The average Bonchev–Trinajstić information content (AvgIpc) is 2.78. The molecule has 0 aliphatic rings. The van der Waals surface area contributed by atoms with Crippen molar-refractivity contribution in [1.82, 2.24) is 9.55 Å². The predicted molar refractivity (Wildman–Crippen MR) is 129 cm³/mol. The van der Waals surface area contributed by atoms with E-state index in [2.05, 4.69) is 10.3 Å². The number of hydrogen-bond donors (Lipinski definition) is 1. The average molecular weight is 464 g/mol. The number of halogens is 2. The van der Waals surface area contributed by atoms with Gasteiger partial charge in [-0.1, -0.05) is 53.5 Å². The molecule has 7 heteroatoms. The fourth-order valence-electron chi connectivity index (χ4n) is 3.48. The molecule has 4 aromatic rings. The van der Waals surface area contributed by atoms with Gasteiger partial charge in [0, 0.05) is 29.5 Å². The molecule has 2 aromatic heterocycles. The van der Waals surface area contributed by atoms with Gasteiger partial charge in [-0.15, -0.1) is 0 Å². The van der Waals surface area contributed by atoms with Crippen molar-refractivity contribution in [2.45, 2.75) is 13.5 Å². The lowest BCUT2D eigenvalue weighted by atomic mass is 10.1. The van der Waals surface area contributed by atoms with E-state index >= 15 is 0 Å². The largest absolute Gasteiger partial charge is 0.338 e. The zero-order valence-corrected chi connectivity index (χ0v) is 18.7. The molecule has 0 saturated carbocycles. The maximum absolute atomic E-state index is 13.3. The van der Waals surface area contributed by atoms with Gasteiger partial charge in [0.1, 0.15) is 5.56 Å². The second-order valence-corrected chi connectivity index (χ2v) is 8.08. The molecule has 4 rings (SSSR count). The van der Waals surface area contributed by atoms with Crippen LogP contribution in [0.2, 0.25) is 10.0 Å². The summed E-state index contributed by atoms with van der Waals surface area (Å²) in [6, 6.07) is 21.1. The molecule has 0 radical (unpaired) electrons. The summed E-state index contributed by atoms with van der Waals surface area (Å²) < 4.78 is 1.91. The summed E-state index contributed by atoms with van der Waals surface area (Å²) in [5.74, 6) is -0.548. The number of amides is 1. The second kappa shape index (κ2) is 9.39. The lowest BCUT2D eigenvalue weighted by Crippen LogP contribution is -2.27. The molecule has 1 N–H and O–H groups in total. The molecule has 0 atom stereocenters. The summed E-state index contributed by atoms with van der Waals surface area (Å²) >= 11 is 12.2. The minimum absolute atomic E-state index is 0.00295. The highest BCUT2D eigenvalue weighted by atomic mass is 35.5. The van der Waals surface area contributed by atoms with Crippen molar-refractivity contribution >= 4 is 34.8 Å². The summed E-state index contributed by atoms with van der Waals surface area (Å²) in [6.45, 7) is 2.26. The monoisotopic (exact) mass is 463 g/mol. The lowest BCUT2D eigenvalue weighted by molar-refractivity contribution is 0.102. The molecule has 160 valence electrons. The maximum Gasteiger partial charge on any atom is 0.261 e. The van der Waals surface area contributed by atoms with Gasteiger partial charge < -0.3 is 9.88 Å². The first kappa shape index (κ1) is 21.8. The van der Waals surface area contributed by atoms with Crippen molar-refractivity contribution in [2.24, 2.45) is 0 Å². The Labute approximate surface area is 195 Å². The van der Waals surface area contributed by atoms with Gasteiger partial charge in [0.05, 0.1) is 22.1 Å². The summed E-state index contributed by atoms with van der Waals surface area (Å²) in [5, 5.41) is 3.78. The quantitative estimate of drug-likeness (QED) is 0.405. The van der Waals surface area contributed by atoms with E-state index in [9.17, 15) is 9.59 Å². The van der Waals surface area contributed by atoms with Crippen molar-refractivity contribution < 1.29 is 4.79 Å². The number of benzene rings is 2. The van der Waals surface area contributed by atoms with Crippen LogP contribution >= 0.6 is 23.2 Å². The van der Waals surface area contributed by atoms with E-state index in [4.69, 9.17) is 23.2 Å². The molecule has 5 nitrogen and oxygen atoms in total. The summed E-state index contributed by atoms with van der Waals surface area (Å²) in [5.41, 5.74) is 2.68. The number of anilines is 1. The first-order valence-electron chi connectivity index (χ1n) is 9.90. The van der Waals surface area contributed by atoms with Gasteiger partial charge >= 0.3 is 0 Å². The summed E-state index contributed by atoms with van der Waals surface area (Å²) in [6.07, 6.45) is 1.63. The van der Waals surface area contributed by atoms with Crippen molar-refractivity contribution in [1.29, 1.82) is 0 Å². The number of nitrogens with one attached hydrogen (secondary N) is 1. The maximum atomic E-state index is 13.3. The standard InChI is InChI=1S/C25H19Cl2N3O2/c1-16-14-22(31)23(25(32)29-20-7-3-2-6-19(20)27)24(21-8-4-5-13-28-21)30(16)15-17-9-11-18(26)12-10-17/h2-14H,15H2,1H3,(H,29,32). The third-order valence-corrected chi connectivity index (χ3v) is 5.61. The van der Waals surface area contributed by atoms with Crippen molar-refractivity contribution in [2.75, 3.05) is 5.32 Å². The Kier molecular flexibility index (Phi) is 6.40. The Morgan fingerprint density at radius 1 is 1.00 bits per heavy atom. The Balaban J connectivity index is 1.89. The zero-order valence-electron chi connectivity index (χ0n) is 17.2. The number of hydrogen-bond acceptors (Lipinski definition) is 3. The molecule has 32 heavy (non-hydrogen) atoms. The molecule has 0 aliphatic heterocycles. The van der Waals surface area contributed by atoms with Gasteiger partial charge in [0.2, 0.25) is 0 Å². The smallest absolute Gasteiger partial charge is 0.261 e. The number of nitrogens with zero attached hydrogens (tertiary/aromatic N) is 2. The highest BCUT2D eigenvalue weighted by Crippen LogP contribution is 2.26. The van der Waals surface area contributed by atoms with Crippen LogP contribution < -0.4 is 10.7 Å². The van der Waals surface area contributed by atoms with E-state index in [1.54, 1.807) is 54.7 Å². The number of para-hydroxylation sites is 1. The molecule has 0 saturated heterocycles. The minimum atomic E-state index is -0.548. The topological polar surface area (TPSA) is 64.0 Å². The van der Waals surface area contributed by atoms with Gasteiger partial charge in [-0.05, 0) is 48.9 Å². The Bertz CT molecular complexity index is 1330. The molecule has 2 aromatic carbocycles. The van der Waals surface area contributed by atoms with Crippen LogP contribution in [0.4, 0.5) is 5.69 Å². The van der Waals surface area contributed by atoms with Crippen LogP contribution in [0.25, 0.3) is 11.4 Å². The van der Waals surface area contributed by atoms with E-state index < -0.39 is 5.91 Å². The highest BCUT2D eigenvalue weighted by Gasteiger charge is 2.23. The van der Waals surface area contributed by atoms with Gasteiger partial charge in [-0.25, -0.2) is 0 Å². The first-order valence-corrected chi connectivity index (χ1v) is 10.7. The first-order chi connectivity index (χ1) is 15.4. The molecule has 0 aliphatic carbocycles. The van der Waals surface area contributed by atoms with Crippen LogP contribution in [-0.4, -0.2) is 15.5 Å². The predicted octanol–water partition coefficient (Wildman–Crippen LogP) is 5.83.